The molecule has 110 valence electrons. The molecule has 2 N–H and O–H groups in total. The van der Waals surface area contributed by atoms with Crippen LogP contribution in [-0.2, 0) is 0 Å². The minimum absolute atomic E-state index is 0.119. The van der Waals surface area contributed by atoms with E-state index in [1.807, 2.05) is 0 Å². The number of rotatable bonds is 3. The van der Waals surface area contributed by atoms with Crippen molar-refractivity contribution in [3.8, 4) is 0 Å². The summed E-state index contributed by atoms with van der Waals surface area (Å²) in [5.74, 6) is -0.205. The third-order valence-electron chi connectivity index (χ3n) is 2.86. The van der Waals surface area contributed by atoms with Gasteiger partial charge >= 0.3 is 0 Å². The zero-order valence-electron chi connectivity index (χ0n) is 10.9. The van der Waals surface area contributed by atoms with Gasteiger partial charge in [0, 0.05) is 23.8 Å². The molecule has 10 heteroatoms. The fourth-order valence-electron chi connectivity index (χ4n) is 1.85. The number of nitrogens with one attached hydrogen (secondary N) is 2. The van der Waals surface area contributed by atoms with Gasteiger partial charge < -0.3 is 5.32 Å². The van der Waals surface area contributed by atoms with E-state index in [0.717, 1.165) is 6.07 Å². The van der Waals surface area contributed by atoms with Crippen LogP contribution in [0.4, 0.5) is 11.5 Å². The fraction of sp³-hybridized carbons (Fsp3) is 0. The van der Waals surface area contributed by atoms with Crippen molar-refractivity contribution in [2.45, 2.75) is 0 Å². The molecule has 3 rings (SSSR count). The molecule has 0 aliphatic rings. The fourth-order valence-corrected chi connectivity index (χ4v) is 1.85. The Kier molecular flexibility index (Phi) is 3.10. The van der Waals surface area contributed by atoms with Gasteiger partial charge in [0.1, 0.15) is 12.1 Å². The molecule has 0 saturated heterocycles. The van der Waals surface area contributed by atoms with Crippen LogP contribution in [0.2, 0.25) is 0 Å². The number of aromatic nitrogens is 4. The number of nitrogens with zero attached hydrogens (tertiary/aromatic N) is 4. The Morgan fingerprint density at radius 1 is 1.32 bits per heavy atom. The van der Waals surface area contributed by atoms with Crippen molar-refractivity contribution in [1.29, 1.82) is 0 Å². The number of carbonyl (C=O) groups excluding carboxylic acids is 1. The molecule has 2 heterocycles. The number of nitro benzene ring substituents is 1. The summed E-state index contributed by atoms with van der Waals surface area (Å²) < 4.78 is 1.25. The zero-order valence-corrected chi connectivity index (χ0v) is 10.9. The molecule has 0 spiro atoms. The maximum absolute atomic E-state index is 12.1. The average Bonchev–Trinajstić information content (AvgIpc) is 2.95. The van der Waals surface area contributed by atoms with Gasteiger partial charge in [-0.25, -0.2) is 0 Å². The van der Waals surface area contributed by atoms with Crippen molar-refractivity contribution in [3.63, 3.8) is 0 Å². The highest BCUT2D eigenvalue weighted by Crippen LogP contribution is 2.13. The maximum Gasteiger partial charge on any atom is 0.269 e. The number of fused-ring (bicyclic) bond motifs is 1. The first kappa shape index (κ1) is 13.4. The van der Waals surface area contributed by atoms with Crippen molar-refractivity contribution >= 4 is 23.2 Å². The molecular weight excluding hydrogens is 292 g/mol. The molecule has 0 aliphatic carbocycles. The highest BCUT2D eigenvalue weighted by Gasteiger charge is 2.12. The molecule has 0 fully saturated rings. The Hall–Kier alpha value is -3.56. The van der Waals surface area contributed by atoms with E-state index in [0.29, 0.717) is 0 Å². The lowest BCUT2D eigenvalue weighted by atomic mass is 10.2. The van der Waals surface area contributed by atoms with Crippen LogP contribution in [0, 0.1) is 10.1 Å². The van der Waals surface area contributed by atoms with Gasteiger partial charge in [0.2, 0.25) is 5.78 Å². The number of H-pyrrole nitrogens is 1. The summed E-state index contributed by atoms with van der Waals surface area (Å²) in [6.07, 6.45) is 1.23. The van der Waals surface area contributed by atoms with Crippen LogP contribution >= 0.6 is 0 Å². The molecular formula is C12H8N6O4. The molecule has 0 saturated carbocycles. The Balaban J connectivity index is 1.91. The number of hydrogen-bond donors (Lipinski definition) is 2. The predicted molar refractivity (Wildman–Crippen MR) is 74.7 cm³/mol. The number of benzene rings is 1. The summed E-state index contributed by atoms with van der Waals surface area (Å²) in [6.45, 7) is 0. The van der Waals surface area contributed by atoms with Gasteiger partial charge in [-0.1, -0.05) is 0 Å². The highest BCUT2D eigenvalue weighted by molar-refractivity contribution is 6.03. The minimum atomic E-state index is -0.558. The van der Waals surface area contributed by atoms with Crippen LogP contribution in [-0.4, -0.2) is 30.4 Å². The number of hydrogen-bond acceptors (Lipinski definition) is 6. The summed E-state index contributed by atoms with van der Waals surface area (Å²) in [5.41, 5.74) is -0.356. The van der Waals surface area contributed by atoms with Gasteiger partial charge in [-0.3, -0.25) is 24.7 Å². The average molecular weight is 300 g/mol. The second-order valence-corrected chi connectivity index (χ2v) is 4.27. The van der Waals surface area contributed by atoms with Gasteiger partial charge in [-0.2, -0.15) is 14.6 Å². The number of non-ortho nitro benzene ring substituents is 1. The molecule has 3 aromatic rings. The van der Waals surface area contributed by atoms with E-state index in [2.05, 4.69) is 20.4 Å². The second-order valence-electron chi connectivity index (χ2n) is 4.27. The SMILES string of the molecule is O=C(Nc1cc(=O)[nH]c2ncnn12)c1ccc([N+](=O)[O-])cc1. The van der Waals surface area contributed by atoms with Gasteiger partial charge in [-0.05, 0) is 12.1 Å². The Morgan fingerprint density at radius 2 is 2.05 bits per heavy atom. The largest absolute Gasteiger partial charge is 0.306 e. The van der Waals surface area contributed by atoms with E-state index < -0.39 is 16.4 Å². The summed E-state index contributed by atoms with van der Waals surface area (Å²) >= 11 is 0. The van der Waals surface area contributed by atoms with Gasteiger partial charge in [0.05, 0.1) is 4.92 Å². The highest BCUT2D eigenvalue weighted by atomic mass is 16.6. The molecule has 0 unspecified atom stereocenters. The summed E-state index contributed by atoms with van der Waals surface area (Å²) in [4.78, 5) is 39.9. The van der Waals surface area contributed by atoms with Crippen molar-refractivity contribution < 1.29 is 9.72 Å². The van der Waals surface area contributed by atoms with Crippen LogP contribution in [0.5, 0.6) is 0 Å². The first-order valence-electron chi connectivity index (χ1n) is 6.03. The Labute approximate surface area is 121 Å². The second kappa shape index (κ2) is 5.09. The minimum Gasteiger partial charge on any atom is -0.306 e. The third kappa shape index (κ3) is 2.40. The molecule has 0 radical (unpaired) electrons. The number of carbonyl (C=O) groups is 1. The van der Waals surface area contributed by atoms with E-state index in [9.17, 15) is 19.7 Å². The predicted octanol–water partition coefficient (Wildman–Crippen LogP) is 0.578. The van der Waals surface area contributed by atoms with Crippen molar-refractivity contribution in [2.75, 3.05) is 5.32 Å². The summed E-state index contributed by atoms with van der Waals surface area (Å²) in [5, 5.41) is 17.0. The van der Waals surface area contributed by atoms with E-state index >= 15 is 0 Å². The third-order valence-corrected chi connectivity index (χ3v) is 2.86. The Bertz CT molecular complexity index is 927. The van der Waals surface area contributed by atoms with Crippen molar-refractivity contribution in [3.05, 3.63) is 62.7 Å². The molecule has 10 nitrogen and oxygen atoms in total. The van der Waals surface area contributed by atoms with E-state index in [4.69, 9.17) is 0 Å². The lowest BCUT2D eigenvalue weighted by molar-refractivity contribution is -0.384. The maximum atomic E-state index is 12.1. The monoisotopic (exact) mass is 300 g/mol. The van der Waals surface area contributed by atoms with E-state index in [1.54, 1.807) is 0 Å². The summed E-state index contributed by atoms with van der Waals surface area (Å²) in [7, 11) is 0. The van der Waals surface area contributed by atoms with Crippen LogP contribution in [0.1, 0.15) is 10.4 Å². The van der Waals surface area contributed by atoms with Crippen LogP contribution in [0.15, 0.2) is 41.5 Å². The molecule has 1 amide bonds. The van der Waals surface area contributed by atoms with Crippen LogP contribution < -0.4 is 10.9 Å². The molecule has 22 heavy (non-hydrogen) atoms. The number of amides is 1. The summed E-state index contributed by atoms with van der Waals surface area (Å²) in [6, 6.07) is 6.23. The van der Waals surface area contributed by atoms with Crippen LogP contribution in [0.3, 0.4) is 0 Å². The number of anilines is 1. The lowest BCUT2D eigenvalue weighted by Crippen LogP contribution is -2.18. The quantitative estimate of drug-likeness (QED) is 0.536. The van der Waals surface area contributed by atoms with Crippen molar-refractivity contribution in [1.82, 2.24) is 19.6 Å². The molecule has 1 aromatic carbocycles. The van der Waals surface area contributed by atoms with Crippen molar-refractivity contribution in [2.24, 2.45) is 0 Å². The lowest BCUT2D eigenvalue weighted by Gasteiger charge is -2.06. The Morgan fingerprint density at radius 3 is 2.73 bits per heavy atom. The van der Waals surface area contributed by atoms with E-state index in [1.165, 1.54) is 35.1 Å². The number of nitro groups is 1. The van der Waals surface area contributed by atoms with Gasteiger partial charge in [-0.15, -0.1) is 0 Å². The van der Waals surface area contributed by atoms with Gasteiger partial charge in [0.25, 0.3) is 17.2 Å². The van der Waals surface area contributed by atoms with Gasteiger partial charge in [0.15, 0.2) is 0 Å². The molecule has 0 bridgehead atoms. The molecule has 0 atom stereocenters. The standard InChI is InChI=1S/C12H8N6O4/c19-10-5-9(17-12(16-10)13-6-14-17)15-11(20)7-1-3-8(4-2-7)18(21)22/h1-6H,(H,15,20)(H,13,14,16,19). The van der Waals surface area contributed by atoms with Crippen LogP contribution in [0.25, 0.3) is 5.78 Å². The molecule has 0 aliphatic heterocycles. The topological polar surface area (TPSA) is 135 Å². The smallest absolute Gasteiger partial charge is 0.269 e. The molecule has 2 aromatic heterocycles. The first-order valence-corrected chi connectivity index (χ1v) is 6.03. The zero-order chi connectivity index (χ0) is 15.7. The number of aromatic amines is 1. The first-order chi connectivity index (χ1) is 10.5. The normalized spacial score (nSPS) is 10.5. The van der Waals surface area contributed by atoms with E-state index in [-0.39, 0.29) is 22.8 Å².